The summed E-state index contributed by atoms with van der Waals surface area (Å²) in [4.78, 5) is 15.6. The summed E-state index contributed by atoms with van der Waals surface area (Å²) in [5.74, 6) is 0.335. The van der Waals surface area contributed by atoms with E-state index in [9.17, 15) is 13.2 Å². The van der Waals surface area contributed by atoms with E-state index in [2.05, 4.69) is 9.71 Å². The summed E-state index contributed by atoms with van der Waals surface area (Å²) < 4.78 is 32.8. The van der Waals surface area contributed by atoms with E-state index in [4.69, 9.17) is 4.42 Å². The topological polar surface area (TPSA) is 89.3 Å². The van der Waals surface area contributed by atoms with Gasteiger partial charge in [0.1, 0.15) is 5.52 Å². The first kappa shape index (κ1) is 15.2. The molecule has 6 nitrogen and oxygen atoms in total. The van der Waals surface area contributed by atoms with E-state index >= 15 is 0 Å². The van der Waals surface area contributed by atoms with Crippen molar-refractivity contribution in [3.63, 3.8) is 0 Å². The van der Waals surface area contributed by atoms with Crippen molar-refractivity contribution in [1.29, 1.82) is 0 Å². The number of nitrogens with one attached hydrogen (secondary N) is 1. The maximum Gasteiger partial charge on any atom is 0.261 e. The molecule has 0 aliphatic heterocycles. The smallest absolute Gasteiger partial charge is 0.261 e. The number of benzene rings is 2. The van der Waals surface area contributed by atoms with Gasteiger partial charge in [0, 0.05) is 18.2 Å². The highest BCUT2D eigenvalue weighted by Gasteiger charge is 2.16. The number of fused-ring (bicyclic) bond motifs is 1. The summed E-state index contributed by atoms with van der Waals surface area (Å²) in [6.07, 6.45) is 0. The lowest BCUT2D eigenvalue weighted by atomic mass is 10.1. The zero-order chi connectivity index (χ0) is 16.6. The molecular weight excluding hydrogens is 316 g/mol. The van der Waals surface area contributed by atoms with Crippen molar-refractivity contribution in [2.75, 3.05) is 4.72 Å². The molecule has 0 saturated heterocycles. The lowest BCUT2D eigenvalue weighted by Gasteiger charge is -2.08. The van der Waals surface area contributed by atoms with Crippen molar-refractivity contribution in [1.82, 2.24) is 4.98 Å². The van der Waals surface area contributed by atoms with Gasteiger partial charge in [-0.25, -0.2) is 13.4 Å². The molecule has 0 atom stereocenters. The third-order valence-corrected chi connectivity index (χ3v) is 4.68. The van der Waals surface area contributed by atoms with Gasteiger partial charge in [0.25, 0.3) is 10.0 Å². The van der Waals surface area contributed by atoms with Crippen molar-refractivity contribution < 1.29 is 17.6 Å². The predicted octanol–water partition coefficient (Wildman–Crippen LogP) is 3.14. The van der Waals surface area contributed by atoms with Crippen molar-refractivity contribution in [3.8, 4) is 0 Å². The summed E-state index contributed by atoms with van der Waals surface area (Å²) in [5.41, 5.74) is 1.77. The van der Waals surface area contributed by atoms with E-state index in [1.807, 2.05) is 0 Å². The lowest BCUT2D eigenvalue weighted by Crippen LogP contribution is -2.13. The van der Waals surface area contributed by atoms with Gasteiger partial charge in [-0.2, -0.15) is 0 Å². The fraction of sp³-hybridized carbons (Fsp3) is 0.125. The second kappa shape index (κ2) is 5.51. The molecule has 1 heterocycles. The number of ketones is 1. The summed E-state index contributed by atoms with van der Waals surface area (Å²) in [7, 11) is -3.78. The molecule has 3 rings (SSSR count). The highest BCUT2D eigenvalue weighted by molar-refractivity contribution is 7.92. The predicted molar refractivity (Wildman–Crippen MR) is 86.0 cm³/mol. The standard InChI is InChI=1S/C16H14N2O4S/c1-10(19)12-4-3-5-13(8-12)18-23(20,21)14-6-7-16-15(9-14)17-11(2)22-16/h3-9,18H,1-2H3. The van der Waals surface area contributed by atoms with Gasteiger partial charge < -0.3 is 4.42 Å². The van der Waals surface area contributed by atoms with Gasteiger partial charge in [-0.05, 0) is 37.3 Å². The van der Waals surface area contributed by atoms with E-state index in [1.165, 1.54) is 25.1 Å². The number of hydrogen-bond acceptors (Lipinski definition) is 5. The minimum atomic E-state index is -3.78. The van der Waals surface area contributed by atoms with Crippen molar-refractivity contribution in [2.45, 2.75) is 18.7 Å². The van der Waals surface area contributed by atoms with E-state index in [-0.39, 0.29) is 10.7 Å². The molecule has 0 unspecified atom stereocenters. The first-order valence-corrected chi connectivity index (χ1v) is 8.34. The lowest BCUT2D eigenvalue weighted by molar-refractivity contribution is 0.101. The molecule has 0 amide bonds. The highest BCUT2D eigenvalue weighted by Crippen LogP contribution is 2.22. The van der Waals surface area contributed by atoms with Crippen LogP contribution in [0.4, 0.5) is 5.69 Å². The maximum absolute atomic E-state index is 12.5. The zero-order valence-corrected chi connectivity index (χ0v) is 13.3. The highest BCUT2D eigenvalue weighted by atomic mass is 32.2. The molecule has 0 fully saturated rings. The average Bonchev–Trinajstić information content (AvgIpc) is 2.86. The first-order chi connectivity index (χ1) is 10.8. The summed E-state index contributed by atoms with van der Waals surface area (Å²) in [6.45, 7) is 3.12. The Hall–Kier alpha value is -2.67. The maximum atomic E-state index is 12.5. The molecule has 0 radical (unpaired) electrons. The molecule has 1 aromatic heterocycles. The minimum Gasteiger partial charge on any atom is -0.441 e. The fourth-order valence-corrected chi connectivity index (χ4v) is 3.27. The van der Waals surface area contributed by atoms with Gasteiger partial charge in [-0.3, -0.25) is 9.52 Å². The average molecular weight is 330 g/mol. The van der Waals surface area contributed by atoms with Crippen LogP contribution in [0.15, 0.2) is 51.8 Å². The van der Waals surface area contributed by atoms with Crippen LogP contribution < -0.4 is 4.72 Å². The Kier molecular flexibility index (Phi) is 3.65. The van der Waals surface area contributed by atoms with E-state index in [0.29, 0.717) is 28.2 Å². The number of aromatic nitrogens is 1. The fourth-order valence-electron chi connectivity index (χ4n) is 2.21. The van der Waals surface area contributed by atoms with E-state index in [0.717, 1.165) is 0 Å². The number of hydrogen-bond donors (Lipinski definition) is 1. The van der Waals surface area contributed by atoms with Gasteiger partial charge in [-0.15, -0.1) is 0 Å². The van der Waals surface area contributed by atoms with Gasteiger partial charge in [0.2, 0.25) is 0 Å². The van der Waals surface area contributed by atoms with Crippen LogP contribution in [-0.4, -0.2) is 19.2 Å². The quantitative estimate of drug-likeness (QED) is 0.742. The third kappa shape index (κ3) is 3.09. The normalized spacial score (nSPS) is 11.6. The van der Waals surface area contributed by atoms with Crippen LogP contribution in [0.2, 0.25) is 0 Å². The molecule has 0 saturated carbocycles. The molecule has 3 aromatic rings. The molecule has 0 spiro atoms. The van der Waals surface area contributed by atoms with Crippen molar-refractivity contribution in [3.05, 3.63) is 53.9 Å². The molecular formula is C16H14N2O4S. The second-order valence-corrected chi connectivity index (χ2v) is 6.79. The summed E-state index contributed by atoms with van der Waals surface area (Å²) >= 11 is 0. The molecule has 7 heteroatoms. The van der Waals surface area contributed by atoms with Crippen LogP contribution in [-0.2, 0) is 10.0 Å². The third-order valence-electron chi connectivity index (χ3n) is 3.30. The van der Waals surface area contributed by atoms with Gasteiger partial charge >= 0.3 is 0 Å². The van der Waals surface area contributed by atoms with Crippen molar-refractivity contribution in [2.24, 2.45) is 0 Å². The van der Waals surface area contributed by atoms with Crippen LogP contribution in [0.3, 0.4) is 0 Å². The molecule has 0 bridgehead atoms. The number of carbonyl (C=O) groups excluding carboxylic acids is 1. The molecule has 23 heavy (non-hydrogen) atoms. The number of carbonyl (C=O) groups is 1. The molecule has 2 aromatic carbocycles. The first-order valence-electron chi connectivity index (χ1n) is 6.86. The van der Waals surface area contributed by atoms with Crippen molar-refractivity contribution >= 4 is 32.6 Å². The van der Waals surface area contributed by atoms with Gasteiger partial charge in [0.15, 0.2) is 17.3 Å². The largest absolute Gasteiger partial charge is 0.441 e. The number of anilines is 1. The number of Topliss-reactive ketones (excluding diaryl/α,β-unsaturated/α-hetero) is 1. The Balaban J connectivity index is 1.96. The number of oxazole rings is 1. The minimum absolute atomic E-state index is 0.0755. The van der Waals surface area contributed by atoms with Crippen LogP contribution in [0, 0.1) is 6.92 Å². The Morgan fingerprint density at radius 3 is 2.70 bits per heavy atom. The SMILES string of the molecule is CC(=O)c1cccc(NS(=O)(=O)c2ccc3oc(C)nc3c2)c1. The van der Waals surface area contributed by atoms with Gasteiger partial charge in [0.05, 0.1) is 4.90 Å². The summed E-state index contributed by atoms with van der Waals surface area (Å²) in [5, 5.41) is 0. The molecule has 118 valence electrons. The zero-order valence-electron chi connectivity index (χ0n) is 12.5. The molecule has 0 aliphatic carbocycles. The van der Waals surface area contributed by atoms with Gasteiger partial charge in [-0.1, -0.05) is 12.1 Å². The monoisotopic (exact) mass is 330 g/mol. The van der Waals surface area contributed by atoms with Crippen LogP contribution >= 0.6 is 0 Å². The molecule has 0 aliphatic rings. The number of rotatable bonds is 4. The summed E-state index contributed by atoms with van der Waals surface area (Å²) in [6, 6.07) is 10.8. The van der Waals surface area contributed by atoms with E-state index < -0.39 is 10.0 Å². The van der Waals surface area contributed by atoms with Crippen LogP contribution in [0.1, 0.15) is 23.2 Å². The Labute approximate surface area is 133 Å². The Morgan fingerprint density at radius 2 is 1.96 bits per heavy atom. The van der Waals surface area contributed by atoms with Crippen LogP contribution in [0.5, 0.6) is 0 Å². The van der Waals surface area contributed by atoms with Crippen LogP contribution in [0.25, 0.3) is 11.1 Å². The molecule has 1 N–H and O–H groups in total. The number of nitrogens with zero attached hydrogens (tertiary/aromatic N) is 1. The Morgan fingerprint density at radius 1 is 1.17 bits per heavy atom. The van der Waals surface area contributed by atoms with E-state index in [1.54, 1.807) is 31.2 Å². The second-order valence-electron chi connectivity index (χ2n) is 5.10. The Bertz CT molecular complexity index is 1010. The number of aryl methyl sites for hydroxylation is 1. The number of sulfonamides is 1.